The van der Waals surface area contributed by atoms with E-state index < -0.39 is 4.92 Å². The fourth-order valence-electron chi connectivity index (χ4n) is 1.57. The number of benzene rings is 1. The highest BCUT2D eigenvalue weighted by Gasteiger charge is 2.04. The molecule has 5 nitrogen and oxygen atoms in total. The molecule has 0 aliphatic rings. The molecule has 0 saturated heterocycles. The molecule has 1 aromatic rings. The van der Waals surface area contributed by atoms with E-state index in [0.29, 0.717) is 12.4 Å². The van der Waals surface area contributed by atoms with Crippen molar-refractivity contribution >= 4 is 5.69 Å². The lowest BCUT2D eigenvalue weighted by molar-refractivity contribution is -0.655. The van der Waals surface area contributed by atoms with Crippen LogP contribution in [-0.2, 0) is 0 Å². The van der Waals surface area contributed by atoms with Gasteiger partial charge in [-0.25, -0.2) is 0 Å². The van der Waals surface area contributed by atoms with Crippen molar-refractivity contribution in [1.29, 1.82) is 0 Å². The quantitative estimate of drug-likeness (QED) is 0.414. The van der Waals surface area contributed by atoms with E-state index in [9.17, 15) is 10.1 Å². The van der Waals surface area contributed by atoms with Gasteiger partial charge in [-0.3, -0.25) is 10.1 Å². The minimum absolute atomic E-state index is 0.0928. The first-order valence-corrected chi connectivity index (χ1v) is 6.43. The molecule has 0 atom stereocenters. The first kappa shape index (κ1) is 14.4. The highest BCUT2D eigenvalue weighted by Crippen LogP contribution is 2.17. The van der Waals surface area contributed by atoms with Gasteiger partial charge in [-0.05, 0) is 18.6 Å². The van der Waals surface area contributed by atoms with Crippen LogP contribution in [0.25, 0.3) is 0 Å². The molecule has 0 aliphatic heterocycles. The third-order valence-electron chi connectivity index (χ3n) is 2.63. The van der Waals surface area contributed by atoms with E-state index in [4.69, 9.17) is 4.74 Å². The maximum atomic E-state index is 10.5. The van der Waals surface area contributed by atoms with Crippen LogP contribution < -0.4 is 10.1 Å². The van der Waals surface area contributed by atoms with Gasteiger partial charge in [0.1, 0.15) is 5.75 Å². The predicted octanol–water partition coefficient (Wildman–Crippen LogP) is 1.73. The van der Waals surface area contributed by atoms with Gasteiger partial charge in [0.05, 0.1) is 24.6 Å². The molecule has 100 valence electrons. The van der Waals surface area contributed by atoms with Crippen LogP contribution in [0.3, 0.4) is 0 Å². The Morgan fingerprint density at radius 3 is 2.50 bits per heavy atom. The van der Waals surface area contributed by atoms with Crippen LogP contribution in [0.4, 0.5) is 5.69 Å². The Morgan fingerprint density at radius 2 is 1.89 bits per heavy atom. The highest BCUT2D eigenvalue weighted by molar-refractivity contribution is 5.35. The molecule has 0 fully saturated rings. The molecule has 1 rings (SSSR count). The van der Waals surface area contributed by atoms with E-state index in [0.717, 1.165) is 13.0 Å². The van der Waals surface area contributed by atoms with Crippen LogP contribution in [0.15, 0.2) is 24.3 Å². The number of ether oxygens (including phenoxy) is 1. The normalized spacial score (nSPS) is 10.3. The lowest BCUT2D eigenvalue weighted by atomic mass is 10.3. The molecule has 0 amide bonds. The van der Waals surface area contributed by atoms with Crippen molar-refractivity contribution in [3.63, 3.8) is 0 Å². The number of nitro benzene ring substituents is 1. The third-order valence-corrected chi connectivity index (χ3v) is 2.63. The van der Waals surface area contributed by atoms with Crippen molar-refractivity contribution < 1.29 is 15.0 Å². The van der Waals surface area contributed by atoms with Gasteiger partial charge in [-0.2, -0.15) is 0 Å². The summed E-state index contributed by atoms with van der Waals surface area (Å²) in [5, 5.41) is 12.8. The molecule has 2 N–H and O–H groups in total. The molecule has 0 spiro atoms. The minimum Gasteiger partial charge on any atom is -0.493 e. The Bertz CT molecular complexity index is 352. The van der Waals surface area contributed by atoms with Crippen molar-refractivity contribution in [3.8, 4) is 5.75 Å². The van der Waals surface area contributed by atoms with Crippen LogP contribution in [0.1, 0.15) is 26.2 Å². The average molecular weight is 253 g/mol. The fourth-order valence-corrected chi connectivity index (χ4v) is 1.57. The smallest absolute Gasteiger partial charge is 0.269 e. The Morgan fingerprint density at radius 1 is 1.22 bits per heavy atom. The van der Waals surface area contributed by atoms with E-state index in [1.807, 2.05) is 0 Å². The van der Waals surface area contributed by atoms with Crippen LogP contribution in [0.2, 0.25) is 0 Å². The van der Waals surface area contributed by atoms with Gasteiger partial charge in [0.25, 0.3) is 5.69 Å². The Kier molecular flexibility index (Phi) is 6.79. The van der Waals surface area contributed by atoms with Gasteiger partial charge in [0, 0.05) is 18.6 Å². The van der Waals surface area contributed by atoms with Crippen molar-refractivity contribution in [2.45, 2.75) is 26.2 Å². The number of unbranched alkanes of at least 4 members (excludes halogenated alkanes) is 1. The molecular formula is C13H21N2O3+. The Hall–Kier alpha value is -1.62. The standard InChI is InChI=1S/C13H20N2O3/c1-2-3-9-14-10-4-11-18-13-7-5-12(6-8-13)15(16)17/h5-8,14H,2-4,9-11H2,1H3/p+1. The lowest BCUT2D eigenvalue weighted by Gasteiger charge is -2.05. The summed E-state index contributed by atoms with van der Waals surface area (Å²) in [5.74, 6) is 0.689. The van der Waals surface area contributed by atoms with Crippen molar-refractivity contribution in [2.75, 3.05) is 19.7 Å². The largest absolute Gasteiger partial charge is 0.493 e. The molecule has 0 aliphatic carbocycles. The predicted molar refractivity (Wildman–Crippen MR) is 69.8 cm³/mol. The number of nitrogens with zero attached hydrogens (tertiary/aromatic N) is 1. The summed E-state index contributed by atoms with van der Waals surface area (Å²) >= 11 is 0. The SMILES string of the molecule is CCCC[NH2+]CCCOc1ccc([N+](=O)[O-])cc1. The molecule has 0 heterocycles. The molecule has 0 radical (unpaired) electrons. The summed E-state index contributed by atoms with van der Waals surface area (Å²) in [6, 6.07) is 6.20. The monoisotopic (exact) mass is 253 g/mol. The molecule has 1 aromatic carbocycles. The van der Waals surface area contributed by atoms with Gasteiger partial charge in [-0.1, -0.05) is 13.3 Å². The number of nitrogens with two attached hydrogens (primary N) is 1. The van der Waals surface area contributed by atoms with E-state index in [-0.39, 0.29) is 5.69 Å². The van der Waals surface area contributed by atoms with Gasteiger partial charge in [-0.15, -0.1) is 0 Å². The first-order chi connectivity index (χ1) is 8.74. The average Bonchev–Trinajstić information content (AvgIpc) is 2.38. The number of hydrogen-bond acceptors (Lipinski definition) is 3. The van der Waals surface area contributed by atoms with Crippen LogP contribution in [0.5, 0.6) is 5.75 Å². The van der Waals surface area contributed by atoms with Gasteiger partial charge >= 0.3 is 0 Å². The van der Waals surface area contributed by atoms with E-state index in [1.54, 1.807) is 12.1 Å². The van der Waals surface area contributed by atoms with Gasteiger partial charge < -0.3 is 10.1 Å². The molecule has 0 bridgehead atoms. The summed E-state index contributed by atoms with van der Waals surface area (Å²) < 4.78 is 5.50. The topological polar surface area (TPSA) is 69.0 Å². The zero-order valence-electron chi connectivity index (χ0n) is 10.8. The van der Waals surface area contributed by atoms with Crippen molar-refractivity contribution in [2.24, 2.45) is 0 Å². The van der Waals surface area contributed by atoms with E-state index in [2.05, 4.69) is 12.2 Å². The number of hydrogen-bond donors (Lipinski definition) is 1. The van der Waals surface area contributed by atoms with E-state index in [1.165, 1.54) is 31.5 Å². The molecule has 0 saturated carbocycles. The fraction of sp³-hybridized carbons (Fsp3) is 0.538. The molecule has 0 aromatic heterocycles. The molecular weight excluding hydrogens is 232 g/mol. The van der Waals surface area contributed by atoms with Gasteiger partial charge in [0.15, 0.2) is 0 Å². The van der Waals surface area contributed by atoms with Crippen molar-refractivity contribution in [3.05, 3.63) is 34.4 Å². The second kappa shape index (κ2) is 8.47. The summed E-state index contributed by atoms with van der Waals surface area (Å²) in [7, 11) is 0. The summed E-state index contributed by atoms with van der Waals surface area (Å²) in [6.45, 7) is 5.08. The summed E-state index contributed by atoms with van der Waals surface area (Å²) in [6.07, 6.45) is 3.47. The van der Waals surface area contributed by atoms with Gasteiger partial charge in [0.2, 0.25) is 0 Å². The summed E-state index contributed by atoms with van der Waals surface area (Å²) in [4.78, 5) is 10.0. The number of nitro groups is 1. The second-order valence-corrected chi connectivity index (χ2v) is 4.17. The molecule has 5 heteroatoms. The first-order valence-electron chi connectivity index (χ1n) is 6.43. The number of non-ortho nitro benzene ring substituents is 1. The maximum absolute atomic E-state index is 10.5. The zero-order valence-corrected chi connectivity index (χ0v) is 10.8. The third kappa shape index (κ3) is 5.63. The maximum Gasteiger partial charge on any atom is 0.269 e. The molecule has 0 unspecified atom stereocenters. The van der Waals surface area contributed by atoms with Crippen molar-refractivity contribution in [1.82, 2.24) is 0 Å². The number of rotatable bonds is 9. The highest BCUT2D eigenvalue weighted by atomic mass is 16.6. The van der Waals surface area contributed by atoms with Crippen LogP contribution in [0, 0.1) is 10.1 Å². The Balaban J connectivity index is 2.14. The molecule has 18 heavy (non-hydrogen) atoms. The Labute approximate surface area is 107 Å². The number of quaternary nitrogens is 1. The van der Waals surface area contributed by atoms with E-state index >= 15 is 0 Å². The second-order valence-electron chi connectivity index (χ2n) is 4.17. The van der Waals surface area contributed by atoms with Crippen LogP contribution >= 0.6 is 0 Å². The van der Waals surface area contributed by atoms with Crippen LogP contribution in [-0.4, -0.2) is 24.6 Å². The summed E-state index contributed by atoms with van der Waals surface area (Å²) in [5.41, 5.74) is 0.0928. The lowest BCUT2D eigenvalue weighted by Crippen LogP contribution is -2.84. The zero-order chi connectivity index (χ0) is 13.2. The minimum atomic E-state index is -0.410.